The number of hydrogen-bond donors (Lipinski definition) is 1. The van der Waals surface area contributed by atoms with Crippen LogP contribution in [0.25, 0.3) is 10.9 Å². The predicted molar refractivity (Wildman–Crippen MR) is 89.3 cm³/mol. The largest absolute Gasteiger partial charge is 0.350 e. The first-order valence-electron chi connectivity index (χ1n) is 7.19. The number of aromatic nitrogens is 2. The molecule has 0 saturated carbocycles. The first-order valence-corrected chi connectivity index (χ1v) is 7.57. The third kappa shape index (κ3) is 3.44. The number of amides is 1. The van der Waals surface area contributed by atoms with Crippen molar-refractivity contribution >= 4 is 28.4 Å². The van der Waals surface area contributed by atoms with Gasteiger partial charge >= 0.3 is 0 Å². The molecule has 0 aliphatic heterocycles. The topological polar surface area (TPSA) is 64.0 Å². The molecule has 7 heteroatoms. The Kier molecular flexibility index (Phi) is 4.57. The van der Waals surface area contributed by atoms with Gasteiger partial charge in [0.1, 0.15) is 12.4 Å². The SMILES string of the molecule is O=C(Cn1cnc2ccc(Cl)cc2c1=O)NCc1ccccc1F. The molecule has 0 atom stereocenters. The maximum Gasteiger partial charge on any atom is 0.261 e. The Morgan fingerprint density at radius 1 is 1.25 bits per heavy atom. The molecule has 0 saturated heterocycles. The van der Waals surface area contributed by atoms with Crippen LogP contribution in [0.1, 0.15) is 5.56 Å². The Bertz CT molecular complexity index is 971. The first kappa shape index (κ1) is 16.1. The first-order chi connectivity index (χ1) is 11.5. The highest BCUT2D eigenvalue weighted by Crippen LogP contribution is 2.14. The molecular formula is C17H13ClFN3O2. The summed E-state index contributed by atoms with van der Waals surface area (Å²) >= 11 is 5.89. The lowest BCUT2D eigenvalue weighted by Crippen LogP contribution is -2.32. The van der Waals surface area contributed by atoms with Gasteiger partial charge in [-0.2, -0.15) is 0 Å². The van der Waals surface area contributed by atoms with Crippen molar-refractivity contribution in [2.45, 2.75) is 13.1 Å². The Labute approximate surface area is 141 Å². The van der Waals surface area contributed by atoms with Crippen molar-refractivity contribution in [1.29, 1.82) is 0 Å². The van der Waals surface area contributed by atoms with Crippen LogP contribution in [0.3, 0.4) is 0 Å². The number of halogens is 2. The zero-order chi connectivity index (χ0) is 17.1. The van der Waals surface area contributed by atoms with Crippen LogP contribution in [0.15, 0.2) is 53.6 Å². The summed E-state index contributed by atoms with van der Waals surface area (Å²) in [7, 11) is 0. The summed E-state index contributed by atoms with van der Waals surface area (Å²) in [6.45, 7) is -0.157. The van der Waals surface area contributed by atoms with E-state index in [1.165, 1.54) is 23.0 Å². The van der Waals surface area contributed by atoms with E-state index in [9.17, 15) is 14.0 Å². The van der Waals surface area contributed by atoms with Gasteiger partial charge in [0.05, 0.1) is 17.2 Å². The van der Waals surface area contributed by atoms with Crippen molar-refractivity contribution in [2.24, 2.45) is 0 Å². The van der Waals surface area contributed by atoms with Crippen molar-refractivity contribution in [3.8, 4) is 0 Å². The fourth-order valence-corrected chi connectivity index (χ4v) is 2.46. The highest BCUT2D eigenvalue weighted by Gasteiger charge is 2.09. The second kappa shape index (κ2) is 6.80. The van der Waals surface area contributed by atoms with E-state index in [4.69, 9.17) is 11.6 Å². The lowest BCUT2D eigenvalue weighted by Gasteiger charge is -2.08. The predicted octanol–water partition coefficient (Wildman–Crippen LogP) is 2.51. The number of hydrogen-bond acceptors (Lipinski definition) is 3. The molecule has 0 aliphatic rings. The van der Waals surface area contributed by atoms with Crippen LogP contribution in [0.2, 0.25) is 5.02 Å². The van der Waals surface area contributed by atoms with Crippen LogP contribution in [-0.2, 0) is 17.9 Å². The Hall–Kier alpha value is -2.73. The quantitative estimate of drug-likeness (QED) is 0.790. The molecule has 1 heterocycles. The standard InChI is InChI=1S/C17H13ClFN3O2/c18-12-5-6-15-13(7-12)17(24)22(10-21-15)9-16(23)20-8-11-3-1-2-4-14(11)19/h1-7,10H,8-9H2,(H,20,23). The van der Waals surface area contributed by atoms with E-state index in [0.29, 0.717) is 21.5 Å². The average molecular weight is 346 g/mol. The zero-order valence-corrected chi connectivity index (χ0v) is 13.3. The van der Waals surface area contributed by atoms with Crippen molar-refractivity contribution < 1.29 is 9.18 Å². The number of rotatable bonds is 4. The molecule has 3 rings (SSSR count). The fraction of sp³-hybridized carbons (Fsp3) is 0.118. The maximum atomic E-state index is 13.5. The third-order valence-electron chi connectivity index (χ3n) is 3.53. The van der Waals surface area contributed by atoms with Crippen LogP contribution in [-0.4, -0.2) is 15.5 Å². The number of nitrogens with zero attached hydrogens (tertiary/aromatic N) is 2. The molecule has 122 valence electrons. The van der Waals surface area contributed by atoms with Gasteiger partial charge in [-0.1, -0.05) is 29.8 Å². The molecule has 2 aromatic carbocycles. The zero-order valence-electron chi connectivity index (χ0n) is 12.5. The number of carbonyl (C=O) groups excluding carboxylic acids is 1. The van der Waals surface area contributed by atoms with Gasteiger partial charge in [0.25, 0.3) is 5.56 Å². The number of fused-ring (bicyclic) bond motifs is 1. The number of benzene rings is 2. The molecule has 24 heavy (non-hydrogen) atoms. The summed E-state index contributed by atoms with van der Waals surface area (Å²) < 4.78 is 14.7. The van der Waals surface area contributed by atoms with E-state index in [2.05, 4.69) is 10.3 Å². The van der Waals surface area contributed by atoms with Crippen LogP contribution in [0.5, 0.6) is 0 Å². The minimum atomic E-state index is -0.413. The minimum Gasteiger partial charge on any atom is -0.350 e. The molecule has 1 aromatic heterocycles. The molecule has 0 bridgehead atoms. The van der Waals surface area contributed by atoms with Crippen LogP contribution < -0.4 is 10.9 Å². The summed E-state index contributed by atoms with van der Waals surface area (Å²) in [4.78, 5) is 28.5. The summed E-state index contributed by atoms with van der Waals surface area (Å²) in [5.74, 6) is -0.805. The second-order valence-corrected chi connectivity index (χ2v) is 5.64. The van der Waals surface area contributed by atoms with Crippen LogP contribution >= 0.6 is 11.6 Å². The molecular weight excluding hydrogens is 333 g/mol. The molecule has 0 radical (unpaired) electrons. The van der Waals surface area contributed by atoms with Gasteiger partial charge in [0, 0.05) is 17.1 Å². The van der Waals surface area contributed by atoms with Gasteiger partial charge in [-0.15, -0.1) is 0 Å². The van der Waals surface area contributed by atoms with Crippen molar-refractivity contribution in [3.63, 3.8) is 0 Å². The molecule has 1 N–H and O–H groups in total. The van der Waals surface area contributed by atoms with Gasteiger partial charge < -0.3 is 5.32 Å². The smallest absolute Gasteiger partial charge is 0.261 e. The molecule has 0 fully saturated rings. The molecule has 0 aliphatic carbocycles. The van der Waals surface area contributed by atoms with Crippen molar-refractivity contribution in [3.05, 3.63) is 75.5 Å². The Morgan fingerprint density at radius 2 is 2.04 bits per heavy atom. The summed E-state index contributed by atoms with van der Waals surface area (Å²) in [6, 6.07) is 11.0. The third-order valence-corrected chi connectivity index (χ3v) is 3.77. The van der Waals surface area contributed by atoms with Crippen molar-refractivity contribution in [2.75, 3.05) is 0 Å². The minimum absolute atomic E-state index is 0.0487. The normalized spacial score (nSPS) is 10.8. The maximum absolute atomic E-state index is 13.5. The molecule has 1 amide bonds. The van der Waals surface area contributed by atoms with E-state index in [-0.39, 0.29) is 18.6 Å². The number of carbonyl (C=O) groups is 1. The van der Waals surface area contributed by atoms with Crippen LogP contribution in [0.4, 0.5) is 4.39 Å². The highest BCUT2D eigenvalue weighted by atomic mass is 35.5. The van der Waals surface area contributed by atoms with E-state index in [1.807, 2.05) is 0 Å². The summed E-state index contributed by atoms with van der Waals surface area (Å²) in [5, 5.41) is 3.34. The van der Waals surface area contributed by atoms with Crippen LogP contribution in [0, 0.1) is 5.82 Å². The van der Waals surface area contributed by atoms with Crippen molar-refractivity contribution in [1.82, 2.24) is 14.9 Å². The molecule has 5 nitrogen and oxygen atoms in total. The lowest BCUT2D eigenvalue weighted by atomic mass is 10.2. The van der Waals surface area contributed by atoms with E-state index in [0.717, 1.165) is 0 Å². The molecule has 0 unspecified atom stereocenters. The average Bonchev–Trinajstić information content (AvgIpc) is 2.57. The number of nitrogens with one attached hydrogen (secondary N) is 1. The van der Waals surface area contributed by atoms with Gasteiger partial charge in [-0.05, 0) is 24.3 Å². The van der Waals surface area contributed by atoms with Gasteiger partial charge in [-0.3, -0.25) is 14.2 Å². The monoisotopic (exact) mass is 345 g/mol. The second-order valence-electron chi connectivity index (χ2n) is 5.21. The highest BCUT2D eigenvalue weighted by molar-refractivity contribution is 6.31. The summed E-state index contributed by atoms with van der Waals surface area (Å²) in [5.41, 5.74) is 0.526. The summed E-state index contributed by atoms with van der Waals surface area (Å²) in [6.07, 6.45) is 1.31. The van der Waals surface area contributed by atoms with Gasteiger partial charge in [0.15, 0.2) is 0 Å². The van der Waals surface area contributed by atoms with Gasteiger partial charge in [0.2, 0.25) is 5.91 Å². The van der Waals surface area contributed by atoms with E-state index >= 15 is 0 Å². The van der Waals surface area contributed by atoms with Gasteiger partial charge in [-0.25, -0.2) is 9.37 Å². The molecule has 0 spiro atoms. The Balaban J connectivity index is 1.75. The Morgan fingerprint density at radius 3 is 2.83 bits per heavy atom. The lowest BCUT2D eigenvalue weighted by molar-refractivity contribution is -0.121. The fourth-order valence-electron chi connectivity index (χ4n) is 2.29. The van der Waals surface area contributed by atoms with E-state index in [1.54, 1.807) is 30.3 Å². The van der Waals surface area contributed by atoms with E-state index < -0.39 is 11.7 Å². The molecule has 3 aromatic rings.